The number of aryl methyl sites for hydroxylation is 1. The highest BCUT2D eigenvalue weighted by atomic mass is 35.5. The zero-order valence-electron chi connectivity index (χ0n) is 23.9. The van der Waals surface area contributed by atoms with Gasteiger partial charge >= 0.3 is 0 Å². The molecule has 4 N–H and O–H groups in total. The largest absolute Gasteiger partial charge is 0.373 e. The molecule has 0 amide bonds. The summed E-state index contributed by atoms with van der Waals surface area (Å²) in [6, 6.07) is 14.5. The summed E-state index contributed by atoms with van der Waals surface area (Å²) in [5, 5.41) is 19.3. The molecule has 0 spiro atoms. The molecule has 0 fully saturated rings. The van der Waals surface area contributed by atoms with Crippen LogP contribution in [0.1, 0.15) is 31.0 Å². The van der Waals surface area contributed by atoms with Gasteiger partial charge in [-0.05, 0) is 37.6 Å². The molecule has 3 aromatic heterocycles. The molecule has 1 atom stereocenters. The molecule has 44 heavy (non-hydrogen) atoms. The minimum Gasteiger partial charge on any atom is -0.373 e. The molecule has 5 aromatic rings. The summed E-state index contributed by atoms with van der Waals surface area (Å²) in [7, 11) is 1.94. The number of imidazole rings is 1. The number of nitriles is 1. The van der Waals surface area contributed by atoms with E-state index < -0.39 is 11.8 Å². The van der Waals surface area contributed by atoms with Crippen molar-refractivity contribution in [3.63, 3.8) is 0 Å². The highest BCUT2D eigenvalue weighted by molar-refractivity contribution is 6.36. The number of nitrogens with one attached hydrogen (secondary N) is 4. The molecule has 2 aromatic carbocycles. The number of rotatable bonds is 8. The molecular formula is C31H27ClF2N10. The van der Waals surface area contributed by atoms with Crippen molar-refractivity contribution in [1.82, 2.24) is 35.5 Å². The van der Waals surface area contributed by atoms with Crippen molar-refractivity contribution in [3.05, 3.63) is 107 Å². The molecule has 4 heterocycles. The number of hydrogen-bond donors (Lipinski definition) is 4. The fourth-order valence-electron chi connectivity index (χ4n) is 4.97. The van der Waals surface area contributed by atoms with Crippen molar-refractivity contribution in [2.24, 2.45) is 7.05 Å². The average molecular weight is 613 g/mol. The Morgan fingerprint density at radius 1 is 1.05 bits per heavy atom. The summed E-state index contributed by atoms with van der Waals surface area (Å²) in [5.74, 6) is -1.51. The van der Waals surface area contributed by atoms with E-state index in [4.69, 9.17) is 11.6 Å². The van der Waals surface area contributed by atoms with E-state index >= 15 is 0 Å². The summed E-state index contributed by atoms with van der Waals surface area (Å²) in [5.41, 5.74) is 10.9. The van der Waals surface area contributed by atoms with Crippen LogP contribution in [0.5, 0.6) is 0 Å². The molecule has 0 saturated carbocycles. The summed E-state index contributed by atoms with van der Waals surface area (Å²) in [6.45, 7) is 4.14. The number of pyridine rings is 2. The zero-order valence-corrected chi connectivity index (χ0v) is 24.7. The molecule has 13 heteroatoms. The number of hydrazine groups is 2. The molecule has 6 rings (SSSR count). The van der Waals surface area contributed by atoms with Gasteiger partial charge in [0.1, 0.15) is 11.9 Å². The lowest BCUT2D eigenvalue weighted by Gasteiger charge is -2.23. The molecule has 0 aliphatic carbocycles. The maximum Gasteiger partial charge on any atom is 0.249 e. The molecule has 0 radical (unpaired) electrons. The van der Waals surface area contributed by atoms with Crippen LogP contribution in [-0.2, 0) is 7.05 Å². The van der Waals surface area contributed by atoms with Gasteiger partial charge in [-0.3, -0.25) is 9.99 Å². The van der Waals surface area contributed by atoms with Crippen molar-refractivity contribution in [3.8, 4) is 17.5 Å². The van der Waals surface area contributed by atoms with Crippen molar-refractivity contribution >= 4 is 39.6 Å². The molecule has 1 aliphatic heterocycles. The minimum atomic E-state index is -1.22. The molecule has 0 bridgehead atoms. The van der Waals surface area contributed by atoms with Crippen molar-refractivity contribution in [1.29, 1.82) is 5.26 Å². The van der Waals surface area contributed by atoms with Gasteiger partial charge in [0, 0.05) is 60.6 Å². The van der Waals surface area contributed by atoms with E-state index in [9.17, 15) is 14.0 Å². The number of anilines is 3. The Labute approximate surface area is 257 Å². The van der Waals surface area contributed by atoms with Crippen LogP contribution in [0.2, 0.25) is 5.02 Å². The standard InChI is InChI=1S/C31H27ClF2N10/c1-17(2)44-16-26(41-42-44)28(18-5-4-6-19(9-18)31-36-7-8-43(31)3)39-21-10-23-27(40-22-12-25(33)30(34)38-15-22)20(13-35)14-37-29(23)24(32)11-21/h4-12,14-17,28,39,41-42H,1-3H3,(H,37,40)/t28-/m0/s1. The first-order chi connectivity index (χ1) is 21.2. The summed E-state index contributed by atoms with van der Waals surface area (Å²) < 4.78 is 29.4. The van der Waals surface area contributed by atoms with Crippen molar-refractivity contribution in [2.75, 3.05) is 10.6 Å². The number of hydrogen-bond acceptors (Lipinski definition) is 9. The molecule has 0 unspecified atom stereocenters. The van der Waals surface area contributed by atoms with Crippen molar-refractivity contribution in [2.45, 2.75) is 25.9 Å². The third kappa shape index (κ3) is 5.58. The fraction of sp³-hybridized carbons (Fsp3) is 0.161. The topological polar surface area (TPSA) is 119 Å². The van der Waals surface area contributed by atoms with Gasteiger partial charge in [0.25, 0.3) is 0 Å². The SMILES string of the molecule is CC(C)N1C=C([C@@H](Nc2cc(Cl)c3ncc(C#N)c(Nc4cnc(F)c(F)c4)c3c2)c2cccc(-c3nccn3C)c2)NN1. The zero-order chi connectivity index (χ0) is 31.0. The van der Waals surface area contributed by atoms with E-state index in [-0.39, 0.29) is 23.3 Å². The van der Waals surface area contributed by atoms with Gasteiger partial charge in [-0.2, -0.15) is 9.65 Å². The van der Waals surface area contributed by atoms with E-state index in [2.05, 4.69) is 62.5 Å². The van der Waals surface area contributed by atoms with Gasteiger partial charge in [0.15, 0.2) is 5.82 Å². The highest BCUT2D eigenvalue weighted by Gasteiger charge is 2.25. The lowest BCUT2D eigenvalue weighted by atomic mass is 10.00. The lowest BCUT2D eigenvalue weighted by molar-refractivity contribution is 0.221. The summed E-state index contributed by atoms with van der Waals surface area (Å²) >= 11 is 6.75. The van der Waals surface area contributed by atoms with Gasteiger partial charge in [-0.1, -0.05) is 29.8 Å². The predicted molar refractivity (Wildman–Crippen MR) is 165 cm³/mol. The number of benzene rings is 2. The van der Waals surface area contributed by atoms with Gasteiger partial charge < -0.3 is 20.6 Å². The molecule has 222 valence electrons. The van der Waals surface area contributed by atoms with E-state index in [1.54, 1.807) is 12.3 Å². The predicted octanol–water partition coefficient (Wildman–Crippen LogP) is 6.30. The number of aromatic nitrogens is 4. The molecular weight excluding hydrogens is 586 g/mol. The first kappa shape index (κ1) is 28.9. The Bertz CT molecular complexity index is 1950. The molecule has 1 aliphatic rings. The van der Waals surface area contributed by atoms with Crippen LogP contribution in [0.4, 0.5) is 25.8 Å². The number of fused-ring (bicyclic) bond motifs is 1. The molecule has 0 saturated heterocycles. The monoisotopic (exact) mass is 612 g/mol. The third-order valence-electron chi connectivity index (χ3n) is 7.20. The fourth-order valence-corrected chi connectivity index (χ4v) is 5.24. The Balaban J connectivity index is 1.45. The minimum absolute atomic E-state index is 0.159. The molecule has 10 nitrogen and oxygen atoms in total. The smallest absolute Gasteiger partial charge is 0.249 e. The Morgan fingerprint density at radius 3 is 2.59 bits per heavy atom. The Morgan fingerprint density at radius 2 is 1.89 bits per heavy atom. The van der Waals surface area contributed by atoms with Crippen LogP contribution in [-0.4, -0.2) is 30.6 Å². The van der Waals surface area contributed by atoms with Gasteiger partial charge in [0.05, 0.1) is 45.4 Å². The summed E-state index contributed by atoms with van der Waals surface area (Å²) in [4.78, 5) is 12.3. The lowest BCUT2D eigenvalue weighted by Crippen LogP contribution is -2.41. The first-order valence-corrected chi connectivity index (χ1v) is 14.1. The maximum absolute atomic E-state index is 14.0. The van der Waals surface area contributed by atoms with Crippen LogP contribution in [0, 0.1) is 23.1 Å². The van der Waals surface area contributed by atoms with Gasteiger partial charge in [-0.15, -0.1) is 5.53 Å². The van der Waals surface area contributed by atoms with Crippen LogP contribution >= 0.6 is 11.6 Å². The number of nitrogens with zero attached hydrogens (tertiary/aromatic N) is 6. The second-order valence-corrected chi connectivity index (χ2v) is 10.9. The Hall–Kier alpha value is -5.25. The first-order valence-electron chi connectivity index (χ1n) is 13.7. The third-order valence-corrected chi connectivity index (χ3v) is 7.48. The van der Waals surface area contributed by atoms with Crippen LogP contribution < -0.4 is 21.6 Å². The quantitative estimate of drug-likeness (QED) is 0.150. The highest BCUT2D eigenvalue weighted by Crippen LogP contribution is 2.37. The van der Waals surface area contributed by atoms with E-state index in [0.29, 0.717) is 27.3 Å². The van der Waals surface area contributed by atoms with Gasteiger partial charge in [-0.25, -0.2) is 14.4 Å². The van der Waals surface area contributed by atoms with Crippen LogP contribution in [0.3, 0.4) is 0 Å². The normalized spacial score (nSPS) is 13.5. The summed E-state index contributed by atoms with van der Waals surface area (Å²) in [6.07, 6.45) is 8.17. The second-order valence-electron chi connectivity index (χ2n) is 10.5. The maximum atomic E-state index is 14.0. The second kappa shape index (κ2) is 11.8. The van der Waals surface area contributed by atoms with Gasteiger partial charge in [0.2, 0.25) is 5.95 Å². The average Bonchev–Trinajstić information content (AvgIpc) is 3.68. The van der Waals surface area contributed by atoms with E-state index in [0.717, 1.165) is 34.9 Å². The van der Waals surface area contributed by atoms with Crippen molar-refractivity contribution < 1.29 is 8.78 Å². The Kier molecular flexibility index (Phi) is 7.73. The number of halogens is 3. The van der Waals surface area contributed by atoms with E-state index in [1.807, 2.05) is 53.3 Å². The van der Waals surface area contributed by atoms with Crippen LogP contribution in [0.15, 0.2) is 79.1 Å². The van der Waals surface area contributed by atoms with Crippen LogP contribution in [0.25, 0.3) is 22.3 Å². The van der Waals surface area contributed by atoms with E-state index in [1.165, 1.54) is 6.20 Å².